The Balaban J connectivity index is 1.96. The lowest BCUT2D eigenvalue weighted by Gasteiger charge is -2.06. The third-order valence-electron chi connectivity index (χ3n) is 2.88. The van der Waals surface area contributed by atoms with Crippen LogP contribution in [0.15, 0.2) is 58.7 Å². The van der Waals surface area contributed by atoms with Crippen LogP contribution < -0.4 is 0 Å². The van der Waals surface area contributed by atoms with Gasteiger partial charge in [0.05, 0.1) is 0 Å². The highest BCUT2D eigenvalue weighted by Gasteiger charge is 2.16. The van der Waals surface area contributed by atoms with Crippen molar-refractivity contribution >= 4 is 5.70 Å². The van der Waals surface area contributed by atoms with Gasteiger partial charge in [-0.1, -0.05) is 17.7 Å². The van der Waals surface area contributed by atoms with E-state index in [-0.39, 0.29) is 0 Å². The molecule has 4 nitrogen and oxygen atoms in total. The van der Waals surface area contributed by atoms with Crippen LogP contribution in [0.3, 0.4) is 0 Å². The van der Waals surface area contributed by atoms with Gasteiger partial charge in [0.1, 0.15) is 11.8 Å². The molecule has 1 aromatic carbocycles. The molecule has 0 atom stereocenters. The molecule has 0 amide bonds. The minimum Gasteiger partial charge on any atom is -0.323 e. The van der Waals surface area contributed by atoms with E-state index in [4.69, 9.17) is 5.26 Å². The van der Waals surface area contributed by atoms with E-state index in [0.717, 1.165) is 11.3 Å². The van der Waals surface area contributed by atoms with Crippen LogP contribution in [0.5, 0.6) is 0 Å². The normalized spacial score (nSPS) is 13.3. The van der Waals surface area contributed by atoms with E-state index in [1.54, 1.807) is 0 Å². The van der Waals surface area contributed by atoms with Crippen LogP contribution >= 0.6 is 0 Å². The van der Waals surface area contributed by atoms with Crippen LogP contribution in [-0.4, -0.2) is 4.57 Å². The molecule has 0 unspecified atom stereocenters. The van der Waals surface area contributed by atoms with Crippen molar-refractivity contribution in [2.75, 3.05) is 0 Å². The zero-order valence-corrected chi connectivity index (χ0v) is 9.83. The van der Waals surface area contributed by atoms with E-state index in [2.05, 4.69) is 41.4 Å². The van der Waals surface area contributed by atoms with Crippen LogP contribution in [0.4, 0.5) is 0 Å². The second-order valence-corrected chi connectivity index (χ2v) is 4.15. The first-order chi connectivity index (χ1) is 8.78. The van der Waals surface area contributed by atoms with E-state index in [1.807, 2.05) is 29.1 Å². The van der Waals surface area contributed by atoms with Gasteiger partial charge in [-0.15, -0.1) is 10.2 Å². The Bertz CT molecular complexity index is 696. The Morgan fingerprint density at radius 1 is 1.11 bits per heavy atom. The van der Waals surface area contributed by atoms with E-state index < -0.39 is 0 Å². The zero-order chi connectivity index (χ0) is 12.5. The molecule has 0 radical (unpaired) electrons. The average molecular weight is 234 g/mol. The first-order valence-corrected chi connectivity index (χ1v) is 5.59. The summed E-state index contributed by atoms with van der Waals surface area (Å²) in [7, 11) is 0. The molecule has 2 aromatic rings. The summed E-state index contributed by atoms with van der Waals surface area (Å²) >= 11 is 0. The quantitative estimate of drug-likeness (QED) is 0.785. The van der Waals surface area contributed by atoms with Crippen molar-refractivity contribution in [1.82, 2.24) is 4.57 Å². The lowest BCUT2D eigenvalue weighted by Crippen LogP contribution is -1.92. The van der Waals surface area contributed by atoms with Crippen molar-refractivity contribution in [2.45, 2.75) is 6.92 Å². The Morgan fingerprint density at radius 3 is 2.50 bits per heavy atom. The van der Waals surface area contributed by atoms with Crippen molar-refractivity contribution in [3.8, 4) is 11.8 Å². The second kappa shape index (κ2) is 3.97. The molecule has 3 rings (SSSR count). The predicted octanol–water partition coefficient (Wildman–Crippen LogP) is 3.44. The highest BCUT2D eigenvalue weighted by atomic mass is 15.2. The van der Waals surface area contributed by atoms with Crippen LogP contribution in [0.25, 0.3) is 11.4 Å². The number of rotatable bonds is 2. The SMILES string of the molecule is Cc1ccc(-n2ccc(C3=C(C#N)N=N3)c2)cc1. The number of nitriles is 1. The maximum Gasteiger partial charge on any atom is 0.191 e. The van der Waals surface area contributed by atoms with Gasteiger partial charge < -0.3 is 4.57 Å². The molecule has 2 heterocycles. The van der Waals surface area contributed by atoms with Crippen molar-refractivity contribution in [2.24, 2.45) is 10.2 Å². The highest BCUT2D eigenvalue weighted by molar-refractivity contribution is 5.73. The molecule has 0 fully saturated rings. The first kappa shape index (κ1) is 10.5. The molecule has 18 heavy (non-hydrogen) atoms. The third kappa shape index (κ3) is 1.62. The number of hydrogen-bond donors (Lipinski definition) is 0. The summed E-state index contributed by atoms with van der Waals surface area (Å²) in [4.78, 5) is 0. The zero-order valence-electron chi connectivity index (χ0n) is 9.83. The van der Waals surface area contributed by atoms with Gasteiger partial charge in [0.2, 0.25) is 0 Å². The van der Waals surface area contributed by atoms with E-state index in [1.165, 1.54) is 5.56 Å². The van der Waals surface area contributed by atoms with Gasteiger partial charge >= 0.3 is 0 Å². The van der Waals surface area contributed by atoms with E-state index in [9.17, 15) is 0 Å². The summed E-state index contributed by atoms with van der Waals surface area (Å²) in [5.41, 5.74) is 4.30. The van der Waals surface area contributed by atoms with Crippen molar-refractivity contribution in [3.05, 3.63) is 59.5 Å². The summed E-state index contributed by atoms with van der Waals surface area (Å²) in [6.45, 7) is 2.06. The van der Waals surface area contributed by atoms with Gasteiger partial charge in [-0.05, 0) is 25.1 Å². The smallest absolute Gasteiger partial charge is 0.191 e. The third-order valence-corrected chi connectivity index (χ3v) is 2.88. The van der Waals surface area contributed by atoms with Crippen LogP contribution in [-0.2, 0) is 0 Å². The Labute approximate surface area is 105 Å². The summed E-state index contributed by atoms with van der Waals surface area (Å²) in [5.74, 6) is 0. The van der Waals surface area contributed by atoms with Crippen molar-refractivity contribution < 1.29 is 0 Å². The van der Waals surface area contributed by atoms with Crippen molar-refractivity contribution in [1.29, 1.82) is 5.26 Å². The second-order valence-electron chi connectivity index (χ2n) is 4.15. The average Bonchev–Trinajstić information content (AvgIpc) is 2.78. The van der Waals surface area contributed by atoms with Gasteiger partial charge in [0.25, 0.3) is 0 Å². The topological polar surface area (TPSA) is 53.4 Å². The summed E-state index contributed by atoms with van der Waals surface area (Å²) in [6.07, 6.45) is 3.91. The lowest BCUT2D eigenvalue weighted by molar-refractivity contribution is 1.06. The molecule has 0 bridgehead atoms. The molecular weight excluding hydrogens is 224 g/mol. The number of allylic oxidation sites excluding steroid dienone is 1. The fraction of sp³-hybridized carbons (Fsp3) is 0.0714. The molecule has 86 valence electrons. The number of nitrogens with zero attached hydrogens (tertiary/aromatic N) is 4. The Hall–Kier alpha value is -2.67. The number of benzene rings is 1. The number of azo groups is 1. The summed E-state index contributed by atoms with van der Waals surface area (Å²) in [6, 6.07) is 12.2. The first-order valence-electron chi connectivity index (χ1n) is 5.59. The molecule has 1 aromatic heterocycles. The van der Waals surface area contributed by atoms with Gasteiger partial charge in [-0.2, -0.15) is 5.26 Å². The van der Waals surface area contributed by atoms with Crippen molar-refractivity contribution in [3.63, 3.8) is 0 Å². The van der Waals surface area contributed by atoms with E-state index in [0.29, 0.717) is 11.4 Å². The molecular formula is C14H10N4. The summed E-state index contributed by atoms with van der Waals surface area (Å²) in [5, 5.41) is 16.4. The molecule has 0 saturated carbocycles. The lowest BCUT2D eigenvalue weighted by atomic mass is 10.2. The fourth-order valence-electron chi connectivity index (χ4n) is 1.83. The molecule has 4 heteroatoms. The largest absolute Gasteiger partial charge is 0.323 e. The maximum absolute atomic E-state index is 8.80. The molecule has 0 aliphatic carbocycles. The van der Waals surface area contributed by atoms with E-state index >= 15 is 0 Å². The molecule has 0 N–H and O–H groups in total. The number of hydrogen-bond acceptors (Lipinski definition) is 3. The van der Waals surface area contributed by atoms with Crippen LogP contribution in [0.1, 0.15) is 11.1 Å². The van der Waals surface area contributed by atoms with Gasteiger partial charge in [0.15, 0.2) is 5.70 Å². The number of aryl methyl sites for hydroxylation is 1. The molecule has 0 spiro atoms. The minimum absolute atomic E-state index is 0.400. The van der Waals surface area contributed by atoms with Gasteiger partial charge in [0, 0.05) is 23.6 Å². The minimum atomic E-state index is 0.400. The molecule has 1 aliphatic rings. The monoisotopic (exact) mass is 234 g/mol. The standard InChI is InChI=1S/C14H10N4/c1-10-2-4-12(5-3-10)18-7-6-11(9-18)14-13(8-15)16-17-14/h2-7,9H,1H3. The predicted molar refractivity (Wildman–Crippen MR) is 67.9 cm³/mol. The molecule has 1 aliphatic heterocycles. The molecule has 0 saturated heterocycles. The van der Waals surface area contributed by atoms with Crippen LogP contribution in [0, 0.1) is 18.3 Å². The maximum atomic E-state index is 8.80. The van der Waals surface area contributed by atoms with Crippen LogP contribution in [0.2, 0.25) is 0 Å². The fourth-order valence-corrected chi connectivity index (χ4v) is 1.83. The Kier molecular flexibility index (Phi) is 2.31. The highest BCUT2D eigenvalue weighted by Crippen LogP contribution is 2.29. The number of aromatic nitrogens is 1. The Morgan fingerprint density at radius 2 is 1.89 bits per heavy atom. The van der Waals surface area contributed by atoms with Gasteiger partial charge in [-0.25, -0.2) is 0 Å². The van der Waals surface area contributed by atoms with Gasteiger partial charge in [-0.3, -0.25) is 0 Å². The summed E-state index contributed by atoms with van der Waals surface area (Å²) < 4.78 is 2.00.